The lowest BCUT2D eigenvalue weighted by Crippen LogP contribution is -2.58. The SMILES string of the molecule is CCC(C)C(NC(=O)C(NC(=O)C(C)NC(=O)C(N)Cc1cnc[nH]1)C(C)CC)C(=O)O. The average Bonchev–Trinajstić information content (AvgIpc) is 3.26. The molecule has 1 rings (SSSR count). The number of carboxylic acids is 1. The highest BCUT2D eigenvalue weighted by Crippen LogP contribution is 2.12. The molecule has 1 aromatic heterocycles. The van der Waals surface area contributed by atoms with E-state index in [2.05, 4.69) is 25.9 Å². The van der Waals surface area contributed by atoms with Crippen molar-refractivity contribution in [3.63, 3.8) is 0 Å². The molecule has 6 unspecified atom stereocenters. The second-order valence-corrected chi connectivity index (χ2v) is 8.20. The van der Waals surface area contributed by atoms with Crippen LogP contribution in [0, 0.1) is 11.8 Å². The molecule has 180 valence electrons. The van der Waals surface area contributed by atoms with Gasteiger partial charge in [0.05, 0.1) is 12.4 Å². The molecular weight excluding hydrogens is 416 g/mol. The fourth-order valence-electron chi connectivity index (χ4n) is 3.02. The number of imidazole rings is 1. The van der Waals surface area contributed by atoms with Gasteiger partial charge >= 0.3 is 5.97 Å². The molecule has 3 amide bonds. The van der Waals surface area contributed by atoms with E-state index in [4.69, 9.17) is 5.73 Å². The lowest BCUT2D eigenvalue weighted by Gasteiger charge is -2.28. The highest BCUT2D eigenvalue weighted by atomic mass is 16.4. The summed E-state index contributed by atoms with van der Waals surface area (Å²) in [4.78, 5) is 56.1. The smallest absolute Gasteiger partial charge is 0.326 e. The van der Waals surface area contributed by atoms with Gasteiger partial charge in [0.25, 0.3) is 0 Å². The van der Waals surface area contributed by atoms with Crippen molar-refractivity contribution in [1.82, 2.24) is 25.9 Å². The Bertz CT molecular complexity index is 769. The first-order chi connectivity index (χ1) is 15.0. The Morgan fingerprint density at radius 1 is 0.969 bits per heavy atom. The quantitative estimate of drug-likeness (QED) is 0.242. The number of nitrogens with one attached hydrogen (secondary N) is 4. The van der Waals surface area contributed by atoms with Gasteiger partial charge in [-0.3, -0.25) is 14.4 Å². The molecule has 1 heterocycles. The maximum Gasteiger partial charge on any atom is 0.326 e. The Kier molecular flexibility index (Phi) is 10.8. The number of aromatic amines is 1. The zero-order chi connectivity index (χ0) is 24.4. The van der Waals surface area contributed by atoms with Crippen molar-refractivity contribution in [2.45, 2.75) is 78.0 Å². The van der Waals surface area contributed by atoms with Crippen molar-refractivity contribution in [1.29, 1.82) is 0 Å². The molecule has 1 aromatic rings. The van der Waals surface area contributed by atoms with Crippen molar-refractivity contribution < 1.29 is 24.3 Å². The minimum absolute atomic E-state index is 0.226. The molecular formula is C21H36N6O5. The molecule has 0 saturated heterocycles. The molecule has 0 fully saturated rings. The van der Waals surface area contributed by atoms with Crippen LogP contribution in [0.3, 0.4) is 0 Å². The summed E-state index contributed by atoms with van der Waals surface area (Å²) in [6, 6.07) is -3.84. The van der Waals surface area contributed by atoms with Gasteiger partial charge in [0.2, 0.25) is 17.7 Å². The van der Waals surface area contributed by atoms with E-state index in [1.807, 2.05) is 13.8 Å². The molecule has 6 atom stereocenters. The first kappa shape index (κ1) is 27.1. The number of H-pyrrole nitrogens is 1. The summed E-state index contributed by atoms with van der Waals surface area (Å²) < 4.78 is 0. The predicted octanol–water partition coefficient (Wildman–Crippen LogP) is -0.0694. The minimum atomic E-state index is -1.13. The van der Waals surface area contributed by atoms with Crippen LogP contribution in [0.15, 0.2) is 12.5 Å². The fourth-order valence-corrected chi connectivity index (χ4v) is 3.02. The van der Waals surface area contributed by atoms with Gasteiger partial charge in [0, 0.05) is 18.3 Å². The van der Waals surface area contributed by atoms with Gasteiger partial charge in [-0.1, -0.05) is 40.5 Å². The van der Waals surface area contributed by atoms with E-state index in [9.17, 15) is 24.3 Å². The van der Waals surface area contributed by atoms with E-state index < -0.39 is 47.9 Å². The minimum Gasteiger partial charge on any atom is -0.480 e. The van der Waals surface area contributed by atoms with Gasteiger partial charge in [0.1, 0.15) is 18.1 Å². The summed E-state index contributed by atoms with van der Waals surface area (Å²) >= 11 is 0. The Morgan fingerprint density at radius 3 is 2.03 bits per heavy atom. The van der Waals surface area contributed by atoms with Crippen molar-refractivity contribution in [3.8, 4) is 0 Å². The Labute approximate surface area is 188 Å². The molecule has 0 bridgehead atoms. The van der Waals surface area contributed by atoms with Gasteiger partial charge in [-0.05, 0) is 18.8 Å². The molecule has 7 N–H and O–H groups in total. The van der Waals surface area contributed by atoms with Crippen molar-refractivity contribution in [2.24, 2.45) is 17.6 Å². The number of aliphatic carboxylic acids is 1. The molecule has 32 heavy (non-hydrogen) atoms. The number of carboxylic acid groups (broad SMARTS) is 1. The van der Waals surface area contributed by atoms with Crippen LogP contribution in [0.2, 0.25) is 0 Å². The molecule has 0 aliphatic heterocycles. The van der Waals surface area contributed by atoms with E-state index >= 15 is 0 Å². The van der Waals surface area contributed by atoms with E-state index in [-0.39, 0.29) is 18.3 Å². The van der Waals surface area contributed by atoms with Crippen LogP contribution in [0.4, 0.5) is 0 Å². The number of hydrogen-bond donors (Lipinski definition) is 6. The van der Waals surface area contributed by atoms with Crippen LogP contribution in [0.1, 0.15) is 53.2 Å². The monoisotopic (exact) mass is 452 g/mol. The van der Waals surface area contributed by atoms with Crippen molar-refractivity contribution in [2.75, 3.05) is 0 Å². The highest BCUT2D eigenvalue weighted by Gasteiger charge is 2.33. The number of nitrogens with two attached hydrogens (primary N) is 1. The lowest BCUT2D eigenvalue weighted by molar-refractivity contribution is -0.144. The van der Waals surface area contributed by atoms with E-state index in [1.165, 1.54) is 13.3 Å². The maximum atomic E-state index is 12.8. The van der Waals surface area contributed by atoms with E-state index in [0.717, 1.165) is 0 Å². The third-order valence-electron chi connectivity index (χ3n) is 5.65. The second-order valence-electron chi connectivity index (χ2n) is 8.20. The summed E-state index contributed by atoms with van der Waals surface area (Å²) in [5.41, 5.74) is 6.58. The van der Waals surface area contributed by atoms with Gasteiger partial charge < -0.3 is 31.8 Å². The number of nitrogens with zero attached hydrogens (tertiary/aromatic N) is 1. The van der Waals surface area contributed by atoms with E-state index in [1.54, 1.807) is 20.0 Å². The Hall–Kier alpha value is -2.95. The van der Waals surface area contributed by atoms with Crippen LogP contribution < -0.4 is 21.7 Å². The number of aromatic nitrogens is 2. The van der Waals surface area contributed by atoms with Crippen LogP contribution in [0.5, 0.6) is 0 Å². The second kappa shape index (κ2) is 12.8. The average molecular weight is 453 g/mol. The molecule has 11 heteroatoms. The standard InChI is InChI=1S/C21H36N6O5/c1-6-11(3)16(20(30)27-17(21(31)32)12(4)7-2)26-18(28)13(5)25-19(29)15(22)8-14-9-23-10-24-14/h9-13,15-17H,6-8,22H2,1-5H3,(H,23,24)(H,25,29)(H,26,28)(H,27,30)(H,31,32). The Balaban J connectivity index is 2.78. The molecule has 0 aliphatic carbocycles. The predicted molar refractivity (Wildman–Crippen MR) is 118 cm³/mol. The van der Waals surface area contributed by atoms with E-state index in [0.29, 0.717) is 18.5 Å². The topological polar surface area (TPSA) is 179 Å². The van der Waals surface area contributed by atoms with Gasteiger partial charge in [-0.15, -0.1) is 0 Å². The van der Waals surface area contributed by atoms with Gasteiger partial charge in [-0.2, -0.15) is 0 Å². The first-order valence-electron chi connectivity index (χ1n) is 10.9. The summed E-state index contributed by atoms with van der Waals surface area (Å²) in [7, 11) is 0. The van der Waals surface area contributed by atoms with Crippen molar-refractivity contribution >= 4 is 23.7 Å². The molecule has 11 nitrogen and oxygen atoms in total. The maximum absolute atomic E-state index is 12.8. The summed E-state index contributed by atoms with van der Waals surface area (Å²) in [6.45, 7) is 8.70. The molecule has 0 radical (unpaired) electrons. The van der Waals surface area contributed by atoms with Gasteiger partial charge in [0.15, 0.2) is 0 Å². The third-order valence-corrected chi connectivity index (χ3v) is 5.65. The van der Waals surface area contributed by atoms with Gasteiger partial charge in [-0.25, -0.2) is 9.78 Å². The number of amides is 3. The zero-order valence-electron chi connectivity index (χ0n) is 19.3. The molecule has 0 aliphatic rings. The van der Waals surface area contributed by atoms with Crippen molar-refractivity contribution in [3.05, 3.63) is 18.2 Å². The first-order valence-corrected chi connectivity index (χ1v) is 10.9. The molecule has 0 aromatic carbocycles. The third kappa shape index (κ3) is 7.95. The molecule has 0 saturated carbocycles. The number of carbonyl (C=O) groups is 4. The number of hydrogen-bond acceptors (Lipinski definition) is 6. The number of rotatable bonds is 13. The fraction of sp³-hybridized carbons (Fsp3) is 0.667. The summed E-state index contributed by atoms with van der Waals surface area (Å²) in [5, 5.41) is 17.2. The molecule has 0 spiro atoms. The van der Waals surface area contributed by atoms with Crippen LogP contribution in [-0.2, 0) is 25.6 Å². The number of carbonyl (C=O) groups excluding carboxylic acids is 3. The zero-order valence-corrected chi connectivity index (χ0v) is 19.3. The van der Waals surface area contributed by atoms with Crippen LogP contribution >= 0.6 is 0 Å². The summed E-state index contributed by atoms with van der Waals surface area (Å²) in [6.07, 6.45) is 4.41. The normalized spacial score (nSPS) is 16.7. The lowest BCUT2D eigenvalue weighted by atomic mass is 9.95. The Morgan fingerprint density at radius 2 is 1.53 bits per heavy atom. The van der Waals surface area contributed by atoms with Crippen LogP contribution in [0.25, 0.3) is 0 Å². The summed E-state index contributed by atoms with van der Waals surface area (Å²) in [5.74, 6) is -3.32. The largest absolute Gasteiger partial charge is 0.480 e. The highest BCUT2D eigenvalue weighted by molar-refractivity contribution is 5.94. The van der Waals surface area contributed by atoms with Crippen LogP contribution in [-0.4, -0.2) is 62.9 Å².